The monoisotopic (exact) mass is 246 g/mol. The Morgan fingerprint density at radius 3 is 2.29 bits per heavy atom. The van der Waals surface area contributed by atoms with E-state index in [4.69, 9.17) is 15.9 Å². The highest BCUT2D eigenvalue weighted by Gasteiger charge is 2.24. The Hall–Kier alpha value is -1.63. The van der Waals surface area contributed by atoms with Gasteiger partial charge in [0, 0.05) is 5.92 Å². The standard InChI is InChI=1S/C10H18N2O5/c1-6(3-2-4-11)9(15)12-7(10(16)17)5-8(13)14/h6-7H,2-5,11H2,1H3,(H,12,15)(H,13,14)(H,16,17)/t6-,7+/m1/s1. The van der Waals surface area contributed by atoms with Crippen LogP contribution in [0, 0.1) is 5.92 Å². The molecule has 0 rings (SSSR count). The van der Waals surface area contributed by atoms with Crippen LogP contribution < -0.4 is 11.1 Å². The zero-order valence-corrected chi connectivity index (χ0v) is 9.68. The molecule has 7 heteroatoms. The van der Waals surface area contributed by atoms with Gasteiger partial charge in [0.25, 0.3) is 0 Å². The molecule has 7 nitrogen and oxygen atoms in total. The van der Waals surface area contributed by atoms with Gasteiger partial charge in [-0.15, -0.1) is 0 Å². The minimum absolute atomic E-state index is 0.380. The van der Waals surface area contributed by atoms with Crippen LogP contribution in [-0.2, 0) is 14.4 Å². The lowest BCUT2D eigenvalue weighted by atomic mass is 10.0. The fraction of sp³-hybridized carbons (Fsp3) is 0.700. The van der Waals surface area contributed by atoms with Crippen molar-refractivity contribution in [3.8, 4) is 0 Å². The van der Waals surface area contributed by atoms with E-state index < -0.39 is 30.3 Å². The van der Waals surface area contributed by atoms with E-state index in [1.54, 1.807) is 6.92 Å². The first kappa shape index (κ1) is 15.4. The summed E-state index contributed by atoms with van der Waals surface area (Å²) in [4.78, 5) is 32.7. The molecule has 0 unspecified atom stereocenters. The number of aliphatic carboxylic acids is 2. The fourth-order valence-corrected chi connectivity index (χ4v) is 1.24. The number of nitrogens with two attached hydrogens (primary N) is 1. The molecule has 0 aromatic heterocycles. The van der Waals surface area contributed by atoms with Gasteiger partial charge in [0.05, 0.1) is 6.42 Å². The summed E-state index contributed by atoms with van der Waals surface area (Å²) >= 11 is 0. The normalized spacial score (nSPS) is 13.8. The van der Waals surface area contributed by atoms with Crippen LogP contribution >= 0.6 is 0 Å². The molecule has 1 amide bonds. The van der Waals surface area contributed by atoms with Crippen molar-refractivity contribution in [1.29, 1.82) is 0 Å². The summed E-state index contributed by atoms with van der Waals surface area (Å²) in [7, 11) is 0. The Kier molecular flexibility index (Phi) is 6.88. The van der Waals surface area contributed by atoms with Crippen LogP contribution in [0.3, 0.4) is 0 Å². The van der Waals surface area contributed by atoms with Gasteiger partial charge in [-0.2, -0.15) is 0 Å². The first-order valence-corrected chi connectivity index (χ1v) is 5.33. The average molecular weight is 246 g/mol. The van der Waals surface area contributed by atoms with Crippen LogP contribution in [0.25, 0.3) is 0 Å². The van der Waals surface area contributed by atoms with Gasteiger partial charge in [0.1, 0.15) is 6.04 Å². The minimum atomic E-state index is -1.39. The van der Waals surface area contributed by atoms with E-state index in [0.717, 1.165) is 0 Å². The number of hydrogen-bond acceptors (Lipinski definition) is 4. The van der Waals surface area contributed by atoms with Gasteiger partial charge in [0.2, 0.25) is 5.91 Å². The number of carbonyl (C=O) groups is 3. The minimum Gasteiger partial charge on any atom is -0.481 e. The highest BCUT2D eigenvalue weighted by Crippen LogP contribution is 2.06. The van der Waals surface area contributed by atoms with Crippen molar-refractivity contribution in [3.63, 3.8) is 0 Å². The summed E-state index contributed by atoms with van der Waals surface area (Å²) < 4.78 is 0. The highest BCUT2D eigenvalue weighted by atomic mass is 16.4. The van der Waals surface area contributed by atoms with Crippen molar-refractivity contribution < 1.29 is 24.6 Å². The first-order valence-electron chi connectivity index (χ1n) is 5.33. The van der Waals surface area contributed by atoms with Crippen LogP contribution in [-0.4, -0.2) is 40.6 Å². The van der Waals surface area contributed by atoms with Crippen molar-refractivity contribution >= 4 is 17.8 Å². The van der Waals surface area contributed by atoms with Crippen LogP contribution in [0.1, 0.15) is 26.2 Å². The SMILES string of the molecule is C[C@H](CCCN)C(=O)N[C@@H](CC(=O)O)C(=O)O. The number of carboxylic acid groups (broad SMARTS) is 2. The maximum absolute atomic E-state index is 11.5. The number of rotatable bonds is 8. The molecular formula is C10H18N2O5. The maximum atomic E-state index is 11.5. The Morgan fingerprint density at radius 1 is 1.29 bits per heavy atom. The molecule has 2 atom stereocenters. The van der Waals surface area contributed by atoms with E-state index in [9.17, 15) is 14.4 Å². The lowest BCUT2D eigenvalue weighted by Gasteiger charge is -2.16. The van der Waals surface area contributed by atoms with E-state index in [2.05, 4.69) is 5.32 Å². The predicted molar refractivity (Wildman–Crippen MR) is 59.3 cm³/mol. The number of hydrogen-bond donors (Lipinski definition) is 4. The smallest absolute Gasteiger partial charge is 0.326 e. The fourth-order valence-electron chi connectivity index (χ4n) is 1.24. The van der Waals surface area contributed by atoms with Crippen LogP contribution in [0.2, 0.25) is 0 Å². The second-order valence-electron chi connectivity index (χ2n) is 3.83. The number of amides is 1. The molecule has 0 aromatic carbocycles. The summed E-state index contributed by atoms with van der Waals surface area (Å²) in [5.74, 6) is -3.47. The third kappa shape index (κ3) is 6.52. The quantitative estimate of drug-likeness (QED) is 0.452. The van der Waals surface area contributed by atoms with Crippen molar-refractivity contribution in [1.82, 2.24) is 5.32 Å². The van der Waals surface area contributed by atoms with Gasteiger partial charge in [-0.25, -0.2) is 4.79 Å². The second-order valence-corrected chi connectivity index (χ2v) is 3.83. The maximum Gasteiger partial charge on any atom is 0.326 e. The summed E-state index contributed by atoms with van der Waals surface area (Å²) in [6.45, 7) is 2.10. The molecule has 0 spiro atoms. The average Bonchev–Trinajstić information content (AvgIpc) is 2.23. The van der Waals surface area contributed by atoms with Gasteiger partial charge in [-0.3, -0.25) is 9.59 Å². The molecule has 5 N–H and O–H groups in total. The third-order valence-corrected chi connectivity index (χ3v) is 2.28. The lowest BCUT2D eigenvalue weighted by Crippen LogP contribution is -2.44. The van der Waals surface area contributed by atoms with Crippen molar-refractivity contribution in [3.05, 3.63) is 0 Å². The molecule has 0 aliphatic rings. The number of nitrogens with one attached hydrogen (secondary N) is 1. The number of carboxylic acids is 2. The molecule has 0 aliphatic carbocycles. The van der Waals surface area contributed by atoms with Crippen LogP contribution in [0.15, 0.2) is 0 Å². The van der Waals surface area contributed by atoms with Crippen molar-refractivity contribution in [2.75, 3.05) is 6.54 Å². The van der Waals surface area contributed by atoms with E-state index >= 15 is 0 Å². The van der Waals surface area contributed by atoms with E-state index in [1.807, 2.05) is 0 Å². The van der Waals surface area contributed by atoms with Gasteiger partial charge < -0.3 is 21.3 Å². The summed E-state index contributed by atoms with van der Waals surface area (Å²) in [5, 5.41) is 19.4. The zero-order valence-electron chi connectivity index (χ0n) is 9.68. The van der Waals surface area contributed by atoms with Crippen LogP contribution in [0.5, 0.6) is 0 Å². The van der Waals surface area contributed by atoms with Crippen LogP contribution in [0.4, 0.5) is 0 Å². The Labute approximate surface area is 99.0 Å². The summed E-state index contributed by atoms with van der Waals surface area (Å²) in [6, 6.07) is -1.39. The van der Waals surface area contributed by atoms with E-state index in [0.29, 0.717) is 19.4 Å². The lowest BCUT2D eigenvalue weighted by molar-refractivity contribution is -0.147. The zero-order chi connectivity index (χ0) is 13.4. The predicted octanol–water partition coefficient (Wildman–Crippen LogP) is -0.594. The molecule has 0 aromatic rings. The van der Waals surface area contributed by atoms with Gasteiger partial charge in [-0.05, 0) is 19.4 Å². The van der Waals surface area contributed by atoms with Crippen molar-refractivity contribution in [2.24, 2.45) is 11.7 Å². The molecule has 17 heavy (non-hydrogen) atoms. The Balaban J connectivity index is 4.29. The van der Waals surface area contributed by atoms with Gasteiger partial charge >= 0.3 is 11.9 Å². The summed E-state index contributed by atoms with van der Waals surface area (Å²) in [6.07, 6.45) is 0.567. The Bertz CT molecular complexity index is 292. The van der Waals surface area contributed by atoms with Crippen molar-refractivity contribution in [2.45, 2.75) is 32.2 Å². The molecule has 0 aliphatic heterocycles. The topological polar surface area (TPSA) is 130 Å². The first-order chi connectivity index (χ1) is 7.88. The number of carbonyl (C=O) groups excluding carboxylic acids is 1. The molecule has 0 bridgehead atoms. The van der Waals surface area contributed by atoms with Gasteiger partial charge in [0.15, 0.2) is 0 Å². The molecule has 0 saturated carbocycles. The molecule has 0 heterocycles. The molecule has 0 radical (unpaired) electrons. The molecule has 0 fully saturated rings. The molecule has 98 valence electrons. The van der Waals surface area contributed by atoms with E-state index in [1.165, 1.54) is 0 Å². The summed E-state index contributed by atoms with van der Waals surface area (Å²) in [5.41, 5.74) is 5.29. The third-order valence-electron chi connectivity index (χ3n) is 2.28. The second kappa shape index (κ2) is 7.61. The molecule has 0 saturated heterocycles. The molecular weight excluding hydrogens is 228 g/mol. The van der Waals surface area contributed by atoms with Gasteiger partial charge in [-0.1, -0.05) is 6.92 Å². The van der Waals surface area contributed by atoms with E-state index in [-0.39, 0.29) is 5.92 Å². The highest BCUT2D eigenvalue weighted by molar-refractivity contribution is 5.87. The largest absolute Gasteiger partial charge is 0.481 e. The Morgan fingerprint density at radius 2 is 1.88 bits per heavy atom.